The van der Waals surface area contributed by atoms with Gasteiger partial charge >= 0.3 is 0 Å². The maximum Gasteiger partial charge on any atom is 0.248 e. The molecule has 8 nitrogen and oxygen atoms in total. The van der Waals surface area contributed by atoms with Crippen LogP contribution in [-0.4, -0.2) is 90.7 Å². The van der Waals surface area contributed by atoms with Gasteiger partial charge in [0.05, 0.1) is 19.8 Å². The molecule has 8 heteroatoms. The van der Waals surface area contributed by atoms with Gasteiger partial charge in [-0.15, -0.1) is 0 Å². The number of hydrogen-bond donors (Lipinski definition) is 1. The summed E-state index contributed by atoms with van der Waals surface area (Å²) in [6.07, 6.45) is 0.452. The summed E-state index contributed by atoms with van der Waals surface area (Å²) in [5.41, 5.74) is 2.04. The lowest BCUT2D eigenvalue weighted by Gasteiger charge is -2.26. The second-order valence-corrected chi connectivity index (χ2v) is 8.75. The van der Waals surface area contributed by atoms with Crippen LogP contribution in [0.25, 0.3) is 0 Å². The molecule has 1 saturated heterocycles. The number of nitrogens with zero attached hydrogens (tertiary/aromatic N) is 3. The third-order valence-electron chi connectivity index (χ3n) is 6.32. The van der Waals surface area contributed by atoms with Crippen molar-refractivity contribution in [3.05, 3.63) is 59.7 Å². The normalized spacial score (nSPS) is 16.7. The highest BCUT2D eigenvalue weighted by Gasteiger charge is 2.29. The zero-order valence-electron chi connectivity index (χ0n) is 21.0. The predicted molar refractivity (Wildman–Crippen MR) is 134 cm³/mol. The first-order valence-electron chi connectivity index (χ1n) is 12.2. The Labute approximate surface area is 208 Å². The van der Waals surface area contributed by atoms with E-state index in [2.05, 4.69) is 12.1 Å². The summed E-state index contributed by atoms with van der Waals surface area (Å²) in [6, 6.07) is 15.3. The zero-order valence-corrected chi connectivity index (χ0v) is 21.0. The van der Waals surface area contributed by atoms with E-state index in [1.54, 1.807) is 17.0 Å². The number of carbonyl (C=O) groups is 2. The molecular weight excluding hydrogens is 446 g/mol. The topological polar surface area (TPSA) is 82.5 Å². The Morgan fingerprint density at radius 1 is 1.09 bits per heavy atom. The van der Waals surface area contributed by atoms with Crippen LogP contribution in [0.15, 0.2) is 48.5 Å². The number of ether oxygens (including phenoxy) is 2. The largest absolute Gasteiger partial charge is 0.504 e. The number of aromatic hydroxyl groups is 1. The molecule has 2 aromatic rings. The van der Waals surface area contributed by atoms with Crippen LogP contribution in [-0.2, 0) is 27.3 Å². The molecule has 2 amide bonds. The van der Waals surface area contributed by atoms with Gasteiger partial charge in [0.15, 0.2) is 11.5 Å². The van der Waals surface area contributed by atoms with E-state index in [0.717, 1.165) is 12.0 Å². The maximum atomic E-state index is 13.2. The number of benzene rings is 2. The first-order chi connectivity index (χ1) is 16.9. The molecular formula is C27H37N3O5. The average molecular weight is 484 g/mol. The van der Waals surface area contributed by atoms with Gasteiger partial charge < -0.3 is 24.4 Å². The molecule has 0 aliphatic carbocycles. The first kappa shape index (κ1) is 26.5. The Hall–Kier alpha value is -3.10. The van der Waals surface area contributed by atoms with Gasteiger partial charge in [0.2, 0.25) is 11.8 Å². The fraction of sp³-hybridized carbons (Fsp3) is 0.481. The second-order valence-electron chi connectivity index (χ2n) is 8.75. The van der Waals surface area contributed by atoms with Gasteiger partial charge in [0.25, 0.3) is 0 Å². The van der Waals surface area contributed by atoms with Crippen molar-refractivity contribution in [2.45, 2.75) is 32.9 Å². The third-order valence-corrected chi connectivity index (χ3v) is 6.32. The Morgan fingerprint density at radius 3 is 2.49 bits per heavy atom. The van der Waals surface area contributed by atoms with Crippen LogP contribution in [0, 0.1) is 0 Å². The lowest BCUT2D eigenvalue weighted by molar-refractivity contribution is -0.138. The van der Waals surface area contributed by atoms with E-state index in [1.807, 2.05) is 47.9 Å². The van der Waals surface area contributed by atoms with Crippen LogP contribution < -0.4 is 4.74 Å². The van der Waals surface area contributed by atoms with E-state index in [4.69, 9.17) is 9.47 Å². The SMILES string of the molecule is CCN(CC)C(=O)COC1CN(Cc2ccc(OC)c(O)c2)CC(=O)N(CCc2ccccc2)C1. The minimum atomic E-state index is -0.302. The van der Waals surface area contributed by atoms with Crippen LogP contribution in [0.5, 0.6) is 11.5 Å². The van der Waals surface area contributed by atoms with Gasteiger partial charge in [-0.25, -0.2) is 0 Å². The number of likely N-dealkylation sites (N-methyl/N-ethyl adjacent to an activating group) is 1. The maximum absolute atomic E-state index is 13.2. The summed E-state index contributed by atoms with van der Waals surface area (Å²) in [4.78, 5) is 31.3. The highest BCUT2D eigenvalue weighted by molar-refractivity contribution is 5.79. The molecule has 0 saturated carbocycles. The minimum Gasteiger partial charge on any atom is -0.504 e. The van der Waals surface area contributed by atoms with E-state index < -0.39 is 0 Å². The summed E-state index contributed by atoms with van der Waals surface area (Å²) in [7, 11) is 1.51. The predicted octanol–water partition coefficient (Wildman–Crippen LogP) is 2.54. The quantitative estimate of drug-likeness (QED) is 0.529. The lowest BCUT2D eigenvalue weighted by Crippen LogP contribution is -2.41. The van der Waals surface area contributed by atoms with Crippen molar-refractivity contribution in [2.24, 2.45) is 0 Å². The highest BCUT2D eigenvalue weighted by Crippen LogP contribution is 2.27. The number of phenolic OH excluding ortho intramolecular Hbond substituents is 1. The molecule has 1 atom stereocenters. The number of hydrogen-bond acceptors (Lipinski definition) is 6. The highest BCUT2D eigenvalue weighted by atomic mass is 16.5. The molecule has 2 aromatic carbocycles. The number of phenols is 1. The summed E-state index contributed by atoms with van der Waals surface area (Å²) >= 11 is 0. The van der Waals surface area contributed by atoms with Gasteiger partial charge in [0, 0.05) is 39.3 Å². The Morgan fingerprint density at radius 2 is 1.83 bits per heavy atom. The van der Waals surface area contributed by atoms with Gasteiger partial charge in [-0.05, 0) is 43.5 Å². The molecule has 1 fully saturated rings. The fourth-order valence-electron chi connectivity index (χ4n) is 4.35. The molecule has 3 rings (SSSR count). The summed E-state index contributed by atoms with van der Waals surface area (Å²) < 4.78 is 11.2. The van der Waals surface area contributed by atoms with Crippen LogP contribution >= 0.6 is 0 Å². The number of methoxy groups -OCH3 is 1. The molecule has 0 radical (unpaired) electrons. The van der Waals surface area contributed by atoms with Gasteiger partial charge in [-0.1, -0.05) is 36.4 Å². The molecule has 1 heterocycles. The molecule has 35 heavy (non-hydrogen) atoms. The van der Waals surface area contributed by atoms with Gasteiger partial charge in [0.1, 0.15) is 6.61 Å². The van der Waals surface area contributed by atoms with Crippen LogP contribution in [0.1, 0.15) is 25.0 Å². The Balaban J connectivity index is 1.71. The second kappa shape index (κ2) is 13.1. The van der Waals surface area contributed by atoms with E-state index >= 15 is 0 Å². The summed E-state index contributed by atoms with van der Waals surface area (Å²) in [6.45, 7) is 7.40. The molecule has 190 valence electrons. The van der Waals surface area contributed by atoms with E-state index in [-0.39, 0.29) is 36.8 Å². The molecule has 0 bridgehead atoms. The van der Waals surface area contributed by atoms with E-state index in [9.17, 15) is 14.7 Å². The Kier molecular flexibility index (Phi) is 9.93. The molecule has 1 aliphatic heterocycles. The van der Waals surface area contributed by atoms with Gasteiger partial charge in [-0.3, -0.25) is 14.5 Å². The van der Waals surface area contributed by atoms with Gasteiger partial charge in [-0.2, -0.15) is 0 Å². The smallest absolute Gasteiger partial charge is 0.248 e. The molecule has 1 unspecified atom stereocenters. The lowest BCUT2D eigenvalue weighted by atomic mass is 10.1. The monoisotopic (exact) mass is 483 g/mol. The summed E-state index contributed by atoms with van der Waals surface area (Å²) in [5, 5.41) is 10.2. The first-order valence-corrected chi connectivity index (χ1v) is 12.2. The molecule has 1 N–H and O–H groups in total. The summed E-state index contributed by atoms with van der Waals surface area (Å²) in [5.74, 6) is 0.449. The third kappa shape index (κ3) is 7.70. The average Bonchev–Trinajstić information content (AvgIpc) is 3.00. The van der Waals surface area contributed by atoms with Crippen molar-refractivity contribution >= 4 is 11.8 Å². The van der Waals surface area contributed by atoms with Crippen LogP contribution in [0.2, 0.25) is 0 Å². The number of amides is 2. The van der Waals surface area contributed by atoms with E-state index in [0.29, 0.717) is 45.0 Å². The van der Waals surface area contributed by atoms with Crippen molar-refractivity contribution in [3.8, 4) is 11.5 Å². The van der Waals surface area contributed by atoms with Crippen molar-refractivity contribution in [1.29, 1.82) is 0 Å². The standard InChI is InChI=1S/C27H37N3O5/c1-4-29(5-2)27(33)20-35-23-17-28(16-22-11-12-25(34-3)24(31)15-22)19-26(32)30(18-23)14-13-21-9-7-6-8-10-21/h6-12,15,23,31H,4-5,13-14,16-20H2,1-3H3. The number of carbonyl (C=O) groups excluding carboxylic acids is 2. The van der Waals surface area contributed by atoms with Crippen molar-refractivity contribution in [2.75, 3.05) is 53.0 Å². The molecule has 0 aromatic heterocycles. The minimum absolute atomic E-state index is 0.00970. The molecule has 1 aliphatic rings. The number of rotatable bonds is 11. The van der Waals surface area contributed by atoms with Crippen LogP contribution in [0.4, 0.5) is 0 Å². The van der Waals surface area contributed by atoms with Crippen molar-refractivity contribution < 1.29 is 24.2 Å². The zero-order chi connectivity index (χ0) is 25.2. The Bertz CT molecular complexity index is 965. The van der Waals surface area contributed by atoms with Crippen molar-refractivity contribution in [1.82, 2.24) is 14.7 Å². The molecule has 0 spiro atoms. The van der Waals surface area contributed by atoms with Crippen LogP contribution in [0.3, 0.4) is 0 Å². The fourth-order valence-corrected chi connectivity index (χ4v) is 4.35. The van der Waals surface area contributed by atoms with E-state index in [1.165, 1.54) is 12.7 Å². The van der Waals surface area contributed by atoms with Crippen molar-refractivity contribution in [3.63, 3.8) is 0 Å².